The topological polar surface area (TPSA) is 57.6 Å². The maximum atomic E-state index is 12.9. The summed E-state index contributed by atoms with van der Waals surface area (Å²) in [7, 11) is 0. The molecule has 1 aromatic rings. The number of carboxylic acid groups (broad SMARTS) is 1. The number of hydrogen-bond donors (Lipinski definition) is 1. The highest BCUT2D eigenvalue weighted by molar-refractivity contribution is 6.31. The van der Waals surface area contributed by atoms with Crippen LogP contribution in [0.1, 0.15) is 71.4 Å². The first kappa shape index (κ1) is 23.5. The van der Waals surface area contributed by atoms with E-state index in [1.165, 1.54) is 5.57 Å². The van der Waals surface area contributed by atoms with E-state index in [1.807, 2.05) is 12.3 Å². The molecule has 1 aromatic carbocycles. The predicted octanol–water partition coefficient (Wildman–Crippen LogP) is 5.82. The molecular weight excluding hydrogens is 386 g/mol. The number of allylic oxidation sites excluding steroid dienone is 1. The summed E-state index contributed by atoms with van der Waals surface area (Å²) in [4.78, 5) is 25.3. The van der Waals surface area contributed by atoms with Crippen molar-refractivity contribution in [3.63, 3.8) is 0 Å². The molecule has 0 saturated heterocycles. The number of carbonyl (C=O) groups is 2. The molecule has 0 saturated carbocycles. The normalized spacial score (nSPS) is 19.8. The average molecular weight is 420 g/mol. The summed E-state index contributed by atoms with van der Waals surface area (Å²) in [5.74, 6) is 0.0816. The number of amides is 1. The summed E-state index contributed by atoms with van der Waals surface area (Å²) in [6, 6.07) is 6.25. The number of nitrogens with zero attached hydrogens (tertiary/aromatic N) is 1. The van der Waals surface area contributed by atoms with Gasteiger partial charge in [0.15, 0.2) is 0 Å². The Balaban J connectivity index is 2.31. The number of rotatable bonds is 9. The van der Waals surface area contributed by atoms with Crippen LogP contribution in [0.15, 0.2) is 30.0 Å². The molecular formula is C24H34ClNO3. The fourth-order valence-electron chi connectivity index (χ4n) is 4.07. The van der Waals surface area contributed by atoms with Crippen LogP contribution < -0.4 is 0 Å². The highest BCUT2D eigenvalue weighted by Crippen LogP contribution is 2.43. The molecule has 1 aliphatic heterocycles. The number of hydrogen-bond acceptors (Lipinski definition) is 2. The van der Waals surface area contributed by atoms with Gasteiger partial charge in [0.2, 0.25) is 5.91 Å². The number of aryl methyl sites for hydroxylation is 1. The van der Waals surface area contributed by atoms with Crippen molar-refractivity contribution in [2.75, 3.05) is 6.54 Å². The van der Waals surface area contributed by atoms with Crippen molar-refractivity contribution in [1.29, 1.82) is 0 Å². The Morgan fingerprint density at radius 3 is 2.52 bits per heavy atom. The molecule has 29 heavy (non-hydrogen) atoms. The standard InChI is InChI=1S/C24H34ClNO3/c1-16(2)8-9-18-10-11-19(13-21(18)25)24(5)14-22(27)26(12-6-7-23(28)29)15-20(24)17(3)4/h10-11,13,15-17H,6-9,12,14H2,1-5H3,(H,28,29). The Hall–Kier alpha value is -1.81. The minimum atomic E-state index is -0.834. The van der Waals surface area contributed by atoms with Crippen LogP contribution in [-0.4, -0.2) is 28.4 Å². The smallest absolute Gasteiger partial charge is 0.303 e. The quantitative estimate of drug-likeness (QED) is 0.548. The minimum Gasteiger partial charge on any atom is -0.481 e. The van der Waals surface area contributed by atoms with Gasteiger partial charge in [-0.25, -0.2) is 0 Å². The van der Waals surface area contributed by atoms with Crippen LogP contribution >= 0.6 is 11.6 Å². The molecule has 160 valence electrons. The molecule has 1 unspecified atom stereocenters. The zero-order chi connectivity index (χ0) is 21.8. The van der Waals surface area contributed by atoms with E-state index in [0.29, 0.717) is 25.3 Å². The fraction of sp³-hybridized carbons (Fsp3) is 0.583. The van der Waals surface area contributed by atoms with E-state index in [1.54, 1.807) is 4.90 Å². The van der Waals surface area contributed by atoms with Crippen LogP contribution in [-0.2, 0) is 21.4 Å². The van der Waals surface area contributed by atoms with E-state index >= 15 is 0 Å². The molecule has 1 atom stereocenters. The third-order valence-corrected chi connectivity index (χ3v) is 6.20. The zero-order valence-electron chi connectivity index (χ0n) is 18.3. The number of halogens is 1. The molecule has 1 N–H and O–H groups in total. The van der Waals surface area contributed by atoms with Crippen molar-refractivity contribution < 1.29 is 14.7 Å². The van der Waals surface area contributed by atoms with Gasteiger partial charge in [-0.15, -0.1) is 0 Å². The lowest BCUT2D eigenvalue weighted by molar-refractivity contribution is -0.138. The monoisotopic (exact) mass is 419 g/mol. The molecule has 2 rings (SSSR count). The summed E-state index contributed by atoms with van der Waals surface area (Å²) in [5, 5.41) is 9.63. The van der Waals surface area contributed by atoms with E-state index in [4.69, 9.17) is 16.7 Å². The first-order valence-corrected chi connectivity index (χ1v) is 10.9. The second kappa shape index (κ2) is 9.80. The van der Waals surface area contributed by atoms with Crippen molar-refractivity contribution in [1.82, 2.24) is 4.90 Å². The summed E-state index contributed by atoms with van der Waals surface area (Å²) in [6.07, 6.45) is 4.88. The Kier molecular flexibility index (Phi) is 7.93. The maximum Gasteiger partial charge on any atom is 0.303 e. The molecule has 1 aliphatic rings. The first-order chi connectivity index (χ1) is 13.5. The maximum absolute atomic E-state index is 12.9. The van der Waals surface area contributed by atoms with Crippen molar-refractivity contribution in [3.8, 4) is 0 Å². The molecule has 0 aromatic heterocycles. The Bertz CT molecular complexity index is 784. The van der Waals surface area contributed by atoms with Crippen LogP contribution in [0.2, 0.25) is 5.02 Å². The Morgan fingerprint density at radius 1 is 1.28 bits per heavy atom. The van der Waals surface area contributed by atoms with Gasteiger partial charge in [0, 0.05) is 36.0 Å². The zero-order valence-corrected chi connectivity index (χ0v) is 19.1. The van der Waals surface area contributed by atoms with Crippen LogP contribution in [0.3, 0.4) is 0 Å². The van der Waals surface area contributed by atoms with Crippen molar-refractivity contribution >= 4 is 23.5 Å². The van der Waals surface area contributed by atoms with Crippen LogP contribution in [0.5, 0.6) is 0 Å². The second-order valence-electron chi connectivity index (χ2n) is 9.07. The molecule has 4 nitrogen and oxygen atoms in total. The van der Waals surface area contributed by atoms with Gasteiger partial charge in [0.25, 0.3) is 0 Å². The highest BCUT2D eigenvalue weighted by atomic mass is 35.5. The van der Waals surface area contributed by atoms with E-state index in [-0.39, 0.29) is 18.2 Å². The summed E-state index contributed by atoms with van der Waals surface area (Å²) >= 11 is 6.61. The van der Waals surface area contributed by atoms with Crippen molar-refractivity contribution in [2.45, 2.75) is 72.1 Å². The minimum absolute atomic E-state index is 0.0299. The van der Waals surface area contributed by atoms with Crippen LogP contribution in [0.4, 0.5) is 0 Å². The van der Waals surface area contributed by atoms with Crippen molar-refractivity contribution in [3.05, 3.63) is 46.1 Å². The summed E-state index contributed by atoms with van der Waals surface area (Å²) < 4.78 is 0. The highest BCUT2D eigenvalue weighted by Gasteiger charge is 2.40. The SMILES string of the molecule is CC(C)CCc1ccc(C2(C)CC(=O)N(CCCC(=O)O)C=C2C(C)C)cc1Cl. The first-order valence-electron chi connectivity index (χ1n) is 10.6. The molecule has 1 amide bonds. The van der Waals surface area contributed by atoms with E-state index in [9.17, 15) is 9.59 Å². The third-order valence-electron chi connectivity index (χ3n) is 5.85. The van der Waals surface area contributed by atoms with Gasteiger partial charge in [-0.2, -0.15) is 0 Å². The second-order valence-corrected chi connectivity index (χ2v) is 9.48. The van der Waals surface area contributed by atoms with E-state index < -0.39 is 11.4 Å². The van der Waals surface area contributed by atoms with Crippen LogP contribution in [0, 0.1) is 11.8 Å². The van der Waals surface area contributed by atoms with Gasteiger partial charge in [-0.1, -0.05) is 58.4 Å². The summed E-state index contributed by atoms with van der Waals surface area (Å²) in [5.41, 5.74) is 2.99. The lowest BCUT2D eigenvalue weighted by atomic mass is 9.68. The molecule has 0 bridgehead atoms. The lowest BCUT2D eigenvalue weighted by Crippen LogP contribution is -2.42. The van der Waals surface area contributed by atoms with E-state index in [0.717, 1.165) is 29.0 Å². The van der Waals surface area contributed by atoms with Gasteiger partial charge >= 0.3 is 5.97 Å². The molecule has 0 aliphatic carbocycles. The van der Waals surface area contributed by atoms with Gasteiger partial charge in [-0.05, 0) is 53.9 Å². The summed E-state index contributed by atoms with van der Waals surface area (Å²) in [6.45, 7) is 11.2. The number of carbonyl (C=O) groups excluding carboxylic acids is 1. The number of benzene rings is 1. The van der Waals surface area contributed by atoms with Gasteiger partial charge in [0.05, 0.1) is 0 Å². The largest absolute Gasteiger partial charge is 0.481 e. The third kappa shape index (κ3) is 5.85. The fourth-order valence-corrected chi connectivity index (χ4v) is 4.35. The van der Waals surface area contributed by atoms with E-state index in [2.05, 4.69) is 46.8 Å². The van der Waals surface area contributed by atoms with Crippen LogP contribution in [0.25, 0.3) is 0 Å². The molecule has 0 fully saturated rings. The lowest BCUT2D eigenvalue weighted by Gasteiger charge is -2.41. The predicted molar refractivity (Wildman–Crippen MR) is 118 cm³/mol. The van der Waals surface area contributed by atoms with Crippen molar-refractivity contribution in [2.24, 2.45) is 11.8 Å². The molecule has 0 spiro atoms. The van der Waals surface area contributed by atoms with Gasteiger partial charge in [0.1, 0.15) is 0 Å². The number of carboxylic acids is 1. The Morgan fingerprint density at radius 2 is 1.97 bits per heavy atom. The molecule has 1 heterocycles. The van der Waals surface area contributed by atoms with Gasteiger partial charge in [-0.3, -0.25) is 9.59 Å². The molecule has 0 radical (unpaired) electrons. The number of aliphatic carboxylic acids is 1. The Labute approximate surface area is 179 Å². The average Bonchev–Trinajstić information content (AvgIpc) is 2.61. The van der Waals surface area contributed by atoms with Gasteiger partial charge < -0.3 is 10.0 Å². The molecule has 5 heteroatoms.